The van der Waals surface area contributed by atoms with E-state index in [2.05, 4.69) is 10.2 Å². The number of hydrogen-bond acceptors (Lipinski definition) is 8. The van der Waals surface area contributed by atoms with Gasteiger partial charge in [-0.05, 0) is 30.0 Å². The third kappa shape index (κ3) is 5.84. The van der Waals surface area contributed by atoms with Gasteiger partial charge in [0.15, 0.2) is 0 Å². The van der Waals surface area contributed by atoms with Crippen LogP contribution in [0.15, 0.2) is 18.2 Å². The van der Waals surface area contributed by atoms with E-state index in [1.807, 2.05) is 4.90 Å². The standard InChI is InChI=1S/C24H34FN5O6S/c1-17(31)26-11-21-16-30(24(32)36-21)20-2-3-23(22(25)10-20)28-14-18-12-27(13-19(18)15-28)6-9-37(33,34)29-4-7-35-8-5-29/h2-3,10,18-19,21H,4-9,11-16H2,1H3,(H,26,31)/t18-,19+,21-/m0/s1. The lowest BCUT2D eigenvalue weighted by Gasteiger charge is -2.27. The van der Waals surface area contributed by atoms with Crippen molar-refractivity contribution in [3.05, 3.63) is 24.0 Å². The lowest BCUT2D eigenvalue weighted by molar-refractivity contribution is -0.119. The molecule has 1 N–H and O–H groups in total. The number of likely N-dealkylation sites (tertiary alicyclic amines) is 1. The number of carbonyl (C=O) groups excluding carboxylic acids is 2. The number of cyclic esters (lactones) is 1. The molecule has 0 bridgehead atoms. The highest BCUT2D eigenvalue weighted by Crippen LogP contribution is 2.36. The molecule has 0 saturated carbocycles. The van der Waals surface area contributed by atoms with E-state index in [1.54, 1.807) is 12.1 Å². The second kappa shape index (κ2) is 10.7. The van der Waals surface area contributed by atoms with Gasteiger partial charge in [-0.25, -0.2) is 17.6 Å². The third-order valence-corrected chi connectivity index (χ3v) is 9.48. The fourth-order valence-electron chi connectivity index (χ4n) is 5.68. The van der Waals surface area contributed by atoms with E-state index >= 15 is 4.39 Å². The Morgan fingerprint density at radius 3 is 2.46 bits per heavy atom. The number of hydrogen-bond donors (Lipinski definition) is 1. The Morgan fingerprint density at radius 1 is 1.11 bits per heavy atom. The highest BCUT2D eigenvalue weighted by molar-refractivity contribution is 7.89. The molecule has 4 aliphatic heterocycles. The SMILES string of the molecule is CC(=O)NC[C@H]1CN(c2ccc(N3C[C@H]4CN(CCS(=O)(=O)N5CCOCC5)C[C@H]4C3)c(F)c2)C(=O)O1. The number of benzene rings is 1. The van der Waals surface area contributed by atoms with E-state index in [1.165, 1.54) is 22.2 Å². The van der Waals surface area contributed by atoms with Gasteiger partial charge in [-0.1, -0.05) is 0 Å². The molecule has 0 unspecified atom stereocenters. The Balaban J connectivity index is 1.13. The minimum Gasteiger partial charge on any atom is -0.442 e. The number of morpholine rings is 1. The molecule has 5 rings (SSSR count). The topological polar surface area (TPSA) is 112 Å². The third-order valence-electron chi connectivity index (χ3n) is 7.63. The van der Waals surface area contributed by atoms with Crippen molar-refractivity contribution in [1.29, 1.82) is 0 Å². The molecule has 13 heteroatoms. The van der Waals surface area contributed by atoms with E-state index in [4.69, 9.17) is 9.47 Å². The Kier molecular flexibility index (Phi) is 7.57. The quantitative estimate of drug-likeness (QED) is 0.503. The van der Waals surface area contributed by atoms with Crippen LogP contribution < -0.4 is 15.1 Å². The summed E-state index contributed by atoms with van der Waals surface area (Å²) in [5.74, 6) is 0.212. The Labute approximate surface area is 216 Å². The van der Waals surface area contributed by atoms with E-state index in [9.17, 15) is 18.0 Å². The number of sulfonamides is 1. The maximum atomic E-state index is 15.1. The van der Waals surface area contributed by atoms with Crippen LogP contribution in [0.2, 0.25) is 0 Å². The Hall–Kier alpha value is -2.48. The van der Waals surface area contributed by atoms with Crippen LogP contribution >= 0.6 is 0 Å². The first kappa shape index (κ1) is 26.1. The molecule has 0 spiro atoms. The first-order valence-electron chi connectivity index (χ1n) is 12.7. The minimum absolute atomic E-state index is 0.108. The minimum atomic E-state index is -3.28. The second-order valence-corrected chi connectivity index (χ2v) is 12.3. The summed E-state index contributed by atoms with van der Waals surface area (Å²) in [7, 11) is -3.28. The summed E-state index contributed by atoms with van der Waals surface area (Å²) in [5.41, 5.74) is 0.922. The molecule has 2 amide bonds. The van der Waals surface area contributed by atoms with Crippen molar-refractivity contribution < 1.29 is 31.9 Å². The average Bonchev–Trinajstić information content (AvgIpc) is 3.55. The molecule has 1 aromatic carbocycles. The van der Waals surface area contributed by atoms with Crippen LogP contribution in [0.5, 0.6) is 0 Å². The van der Waals surface area contributed by atoms with Crippen molar-refractivity contribution in [3.63, 3.8) is 0 Å². The van der Waals surface area contributed by atoms with Crippen LogP contribution in [0, 0.1) is 17.7 Å². The molecule has 204 valence electrons. The zero-order chi connectivity index (χ0) is 26.2. The lowest BCUT2D eigenvalue weighted by Crippen LogP contribution is -2.43. The molecule has 4 saturated heterocycles. The number of nitrogens with zero attached hydrogens (tertiary/aromatic N) is 4. The van der Waals surface area contributed by atoms with E-state index < -0.39 is 28.0 Å². The maximum Gasteiger partial charge on any atom is 0.414 e. The van der Waals surface area contributed by atoms with Gasteiger partial charge in [0.25, 0.3) is 0 Å². The van der Waals surface area contributed by atoms with Crippen LogP contribution in [0.4, 0.5) is 20.6 Å². The highest BCUT2D eigenvalue weighted by Gasteiger charge is 2.41. The Morgan fingerprint density at radius 2 is 1.81 bits per heavy atom. The number of anilines is 2. The zero-order valence-corrected chi connectivity index (χ0v) is 21.8. The van der Waals surface area contributed by atoms with Gasteiger partial charge in [-0.3, -0.25) is 9.69 Å². The van der Waals surface area contributed by atoms with Crippen LogP contribution in [-0.4, -0.2) is 114 Å². The van der Waals surface area contributed by atoms with Gasteiger partial charge in [0.2, 0.25) is 15.9 Å². The molecule has 0 radical (unpaired) electrons. The van der Waals surface area contributed by atoms with Crippen molar-refractivity contribution in [2.75, 3.05) is 87.7 Å². The van der Waals surface area contributed by atoms with Gasteiger partial charge in [-0.2, -0.15) is 4.31 Å². The van der Waals surface area contributed by atoms with Crippen molar-refractivity contribution in [2.24, 2.45) is 11.8 Å². The second-order valence-electron chi connectivity index (χ2n) is 10.2. The Bertz CT molecular complexity index is 1120. The molecule has 1 aromatic rings. The van der Waals surface area contributed by atoms with Gasteiger partial charge in [0.05, 0.1) is 43.4 Å². The molecule has 0 aromatic heterocycles. The highest BCUT2D eigenvalue weighted by atomic mass is 32.2. The number of ether oxygens (including phenoxy) is 2. The van der Waals surface area contributed by atoms with Crippen LogP contribution in [0.3, 0.4) is 0 Å². The van der Waals surface area contributed by atoms with Gasteiger partial charge < -0.3 is 24.6 Å². The van der Waals surface area contributed by atoms with Crippen LogP contribution in [0.25, 0.3) is 0 Å². The molecular formula is C24H34FN5O6S. The van der Waals surface area contributed by atoms with Crippen molar-refractivity contribution >= 4 is 33.4 Å². The summed E-state index contributed by atoms with van der Waals surface area (Å²) in [4.78, 5) is 29.0. The first-order chi connectivity index (χ1) is 17.7. The van der Waals surface area contributed by atoms with Crippen molar-refractivity contribution in [3.8, 4) is 0 Å². The molecule has 0 aliphatic carbocycles. The summed E-state index contributed by atoms with van der Waals surface area (Å²) in [6.45, 7) is 7.10. The van der Waals surface area contributed by atoms with Crippen molar-refractivity contribution in [2.45, 2.75) is 13.0 Å². The molecule has 4 fully saturated rings. The number of amides is 2. The van der Waals surface area contributed by atoms with Crippen molar-refractivity contribution in [1.82, 2.24) is 14.5 Å². The predicted octanol–water partition coefficient (Wildman–Crippen LogP) is 0.317. The molecular weight excluding hydrogens is 505 g/mol. The van der Waals surface area contributed by atoms with Crippen LogP contribution in [0.1, 0.15) is 6.92 Å². The molecule has 37 heavy (non-hydrogen) atoms. The van der Waals surface area contributed by atoms with Gasteiger partial charge in [0.1, 0.15) is 11.9 Å². The number of carbonyl (C=O) groups is 2. The predicted molar refractivity (Wildman–Crippen MR) is 135 cm³/mol. The fourth-order valence-corrected chi connectivity index (χ4v) is 7.14. The zero-order valence-electron chi connectivity index (χ0n) is 21.0. The lowest BCUT2D eigenvalue weighted by atomic mass is 10.0. The molecule has 11 nitrogen and oxygen atoms in total. The molecule has 3 atom stereocenters. The normalized spacial score (nSPS) is 27.0. The smallest absolute Gasteiger partial charge is 0.414 e. The number of fused-ring (bicyclic) bond motifs is 1. The molecule has 4 heterocycles. The maximum absolute atomic E-state index is 15.1. The summed E-state index contributed by atoms with van der Waals surface area (Å²) in [5, 5.41) is 2.63. The first-order valence-corrected chi connectivity index (χ1v) is 14.4. The van der Waals surface area contributed by atoms with E-state index in [-0.39, 0.29) is 24.7 Å². The van der Waals surface area contributed by atoms with Gasteiger partial charge >= 0.3 is 6.09 Å². The monoisotopic (exact) mass is 539 g/mol. The van der Waals surface area contributed by atoms with E-state index in [0.717, 1.165) is 13.1 Å². The number of nitrogens with one attached hydrogen (secondary N) is 1. The van der Waals surface area contributed by atoms with Gasteiger partial charge in [-0.15, -0.1) is 0 Å². The largest absolute Gasteiger partial charge is 0.442 e. The summed E-state index contributed by atoms with van der Waals surface area (Å²) < 4.78 is 52.5. The van der Waals surface area contributed by atoms with Crippen LogP contribution in [-0.2, 0) is 24.3 Å². The summed E-state index contributed by atoms with van der Waals surface area (Å²) in [6, 6.07) is 4.78. The van der Waals surface area contributed by atoms with E-state index in [0.29, 0.717) is 69.1 Å². The summed E-state index contributed by atoms with van der Waals surface area (Å²) in [6.07, 6.45) is -1.04. The number of rotatable bonds is 8. The van der Waals surface area contributed by atoms with Gasteiger partial charge in [0, 0.05) is 52.7 Å². The molecule has 4 aliphatic rings. The number of halogens is 1. The fraction of sp³-hybridized carbons (Fsp3) is 0.667. The average molecular weight is 540 g/mol. The summed E-state index contributed by atoms with van der Waals surface area (Å²) >= 11 is 0.